The van der Waals surface area contributed by atoms with Crippen molar-refractivity contribution in [3.63, 3.8) is 0 Å². The van der Waals surface area contributed by atoms with Crippen LogP contribution < -0.4 is 5.56 Å². The maximum Gasteiger partial charge on any atom is 0.265 e. The minimum atomic E-state index is -0.290. The van der Waals surface area contributed by atoms with Crippen LogP contribution in [0.4, 0.5) is 5.95 Å². The Morgan fingerprint density at radius 2 is 1.74 bits per heavy atom. The lowest BCUT2D eigenvalue weighted by molar-refractivity contribution is 0.436. The van der Waals surface area contributed by atoms with Crippen LogP contribution in [0.3, 0.4) is 0 Å². The standard InChI is InChI=1S/C21H16N4O2/c1-14-6-4-7-15(12-14)25-19(26)17-9-3-2-8-16(17)18(20(25)27)13-24-21-22-10-5-11-23-21/h2-13,27H,1H3/b24-13+. The van der Waals surface area contributed by atoms with Crippen molar-refractivity contribution < 1.29 is 5.11 Å². The van der Waals surface area contributed by atoms with Crippen molar-refractivity contribution in [1.82, 2.24) is 14.5 Å². The van der Waals surface area contributed by atoms with Crippen LogP contribution in [0.25, 0.3) is 16.5 Å². The molecule has 0 bridgehead atoms. The molecule has 132 valence electrons. The van der Waals surface area contributed by atoms with Crippen molar-refractivity contribution in [2.75, 3.05) is 0 Å². The van der Waals surface area contributed by atoms with E-state index in [0.29, 0.717) is 22.0 Å². The molecule has 2 aromatic heterocycles. The van der Waals surface area contributed by atoms with Crippen molar-refractivity contribution in [2.45, 2.75) is 6.92 Å². The summed E-state index contributed by atoms with van der Waals surface area (Å²) in [4.78, 5) is 25.4. The zero-order valence-electron chi connectivity index (χ0n) is 14.6. The first-order chi connectivity index (χ1) is 13.1. The van der Waals surface area contributed by atoms with E-state index in [1.807, 2.05) is 31.2 Å². The molecular formula is C21H16N4O2. The van der Waals surface area contributed by atoms with Gasteiger partial charge in [0.2, 0.25) is 11.8 Å². The van der Waals surface area contributed by atoms with Gasteiger partial charge < -0.3 is 5.11 Å². The second-order valence-electron chi connectivity index (χ2n) is 6.07. The first kappa shape index (κ1) is 16.7. The lowest BCUT2D eigenvalue weighted by Crippen LogP contribution is -2.20. The van der Waals surface area contributed by atoms with Crippen LogP contribution in [0.2, 0.25) is 0 Å². The predicted octanol–water partition coefficient (Wildman–Crippen LogP) is 3.55. The quantitative estimate of drug-likeness (QED) is 0.569. The van der Waals surface area contributed by atoms with Crippen molar-refractivity contribution in [2.24, 2.45) is 4.99 Å². The summed E-state index contributed by atoms with van der Waals surface area (Å²) in [5, 5.41) is 12.0. The number of pyridine rings is 1. The minimum absolute atomic E-state index is 0.177. The van der Waals surface area contributed by atoms with E-state index in [0.717, 1.165) is 5.56 Å². The summed E-state index contributed by atoms with van der Waals surface area (Å²) in [6.07, 6.45) is 4.66. The predicted molar refractivity (Wildman–Crippen MR) is 105 cm³/mol. The fourth-order valence-corrected chi connectivity index (χ4v) is 2.98. The normalized spacial score (nSPS) is 11.3. The molecule has 0 unspecified atom stereocenters. The van der Waals surface area contributed by atoms with Crippen LogP contribution in [0, 0.1) is 6.92 Å². The number of aryl methyl sites for hydroxylation is 1. The first-order valence-corrected chi connectivity index (χ1v) is 8.40. The number of aromatic nitrogens is 3. The number of hydrogen-bond acceptors (Lipinski definition) is 5. The Morgan fingerprint density at radius 3 is 2.48 bits per heavy atom. The smallest absolute Gasteiger partial charge is 0.265 e. The summed E-state index contributed by atoms with van der Waals surface area (Å²) in [5.74, 6) is 0.0956. The van der Waals surface area contributed by atoms with Crippen LogP contribution >= 0.6 is 0 Å². The summed E-state index contributed by atoms with van der Waals surface area (Å²) in [5.41, 5.74) is 1.72. The van der Waals surface area contributed by atoms with Gasteiger partial charge in [0.25, 0.3) is 5.56 Å². The molecule has 0 aliphatic rings. The number of hydrogen-bond donors (Lipinski definition) is 1. The van der Waals surface area contributed by atoms with Crippen LogP contribution in [-0.2, 0) is 0 Å². The molecule has 0 saturated heterocycles. The van der Waals surface area contributed by atoms with Gasteiger partial charge in [0.15, 0.2) is 0 Å². The Bertz CT molecular complexity index is 1210. The second kappa shape index (κ2) is 6.84. The number of nitrogens with zero attached hydrogens (tertiary/aromatic N) is 4. The molecular weight excluding hydrogens is 340 g/mol. The molecule has 0 aliphatic carbocycles. The molecule has 0 fully saturated rings. The van der Waals surface area contributed by atoms with Crippen molar-refractivity contribution in [1.29, 1.82) is 0 Å². The summed E-state index contributed by atoms with van der Waals surface area (Å²) in [7, 11) is 0. The van der Waals surface area contributed by atoms with Gasteiger partial charge in [0.05, 0.1) is 11.3 Å². The van der Waals surface area contributed by atoms with E-state index >= 15 is 0 Å². The summed E-state index contributed by atoms with van der Waals surface area (Å²) in [6, 6.07) is 16.2. The molecule has 0 saturated carbocycles. The molecule has 0 aliphatic heterocycles. The Kier molecular flexibility index (Phi) is 4.22. The molecule has 0 atom stereocenters. The van der Waals surface area contributed by atoms with Crippen molar-refractivity contribution in [3.8, 4) is 11.6 Å². The van der Waals surface area contributed by atoms with E-state index in [4.69, 9.17) is 0 Å². The Morgan fingerprint density at radius 1 is 1.00 bits per heavy atom. The molecule has 1 N–H and O–H groups in total. The van der Waals surface area contributed by atoms with E-state index in [1.165, 1.54) is 10.8 Å². The van der Waals surface area contributed by atoms with Gasteiger partial charge in [-0.15, -0.1) is 0 Å². The second-order valence-corrected chi connectivity index (χ2v) is 6.07. The fraction of sp³-hybridized carbons (Fsp3) is 0.0476. The van der Waals surface area contributed by atoms with Crippen molar-refractivity contribution >= 4 is 22.9 Å². The third kappa shape index (κ3) is 3.08. The average Bonchev–Trinajstić information content (AvgIpc) is 2.69. The molecule has 2 aromatic carbocycles. The summed E-state index contributed by atoms with van der Waals surface area (Å²) in [6.45, 7) is 1.93. The van der Waals surface area contributed by atoms with Crippen LogP contribution in [0.1, 0.15) is 11.1 Å². The van der Waals surface area contributed by atoms with E-state index in [-0.39, 0.29) is 17.4 Å². The SMILES string of the molecule is Cc1cccc(-n2c(O)c(/C=N/c3ncccn3)c3ccccc3c2=O)c1. The molecule has 27 heavy (non-hydrogen) atoms. The topological polar surface area (TPSA) is 80.4 Å². The number of rotatable bonds is 3. The Balaban J connectivity index is 2.00. The zero-order chi connectivity index (χ0) is 18.8. The minimum Gasteiger partial charge on any atom is -0.494 e. The molecule has 6 heteroatoms. The van der Waals surface area contributed by atoms with Gasteiger partial charge in [-0.2, -0.15) is 0 Å². The molecule has 6 nitrogen and oxygen atoms in total. The fourth-order valence-electron chi connectivity index (χ4n) is 2.98. The first-order valence-electron chi connectivity index (χ1n) is 8.40. The van der Waals surface area contributed by atoms with Gasteiger partial charge >= 0.3 is 0 Å². The zero-order valence-corrected chi connectivity index (χ0v) is 14.6. The third-order valence-electron chi connectivity index (χ3n) is 4.22. The van der Waals surface area contributed by atoms with Crippen LogP contribution in [0.15, 0.2) is 76.8 Å². The van der Waals surface area contributed by atoms with E-state index in [9.17, 15) is 9.90 Å². The molecule has 0 radical (unpaired) electrons. The number of benzene rings is 2. The van der Waals surface area contributed by atoms with Gasteiger partial charge in [0.1, 0.15) is 0 Å². The van der Waals surface area contributed by atoms with Crippen LogP contribution in [0.5, 0.6) is 5.88 Å². The van der Waals surface area contributed by atoms with Crippen molar-refractivity contribution in [3.05, 3.63) is 88.5 Å². The van der Waals surface area contributed by atoms with Gasteiger partial charge in [-0.1, -0.05) is 30.3 Å². The summed E-state index contributed by atoms with van der Waals surface area (Å²) >= 11 is 0. The lowest BCUT2D eigenvalue weighted by Gasteiger charge is -2.14. The van der Waals surface area contributed by atoms with Gasteiger partial charge in [0, 0.05) is 29.4 Å². The van der Waals surface area contributed by atoms with E-state index in [2.05, 4.69) is 15.0 Å². The largest absolute Gasteiger partial charge is 0.494 e. The Hall–Kier alpha value is -3.80. The molecule has 0 amide bonds. The molecule has 0 spiro atoms. The lowest BCUT2D eigenvalue weighted by atomic mass is 10.1. The molecule has 4 aromatic rings. The highest BCUT2D eigenvalue weighted by molar-refractivity contribution is 6.02. The highest BCUT2D eigenvalue weighted by Crippen LogP contribution is 2.26. The number of aromatic hydroxyl groups is 1. The molecule has 2 heterocycles. The van der Waals surface area contributed by atoms with Gasteiger partial charge in [-0.25, -0.2) is 19.5 Å². The average molecular weight is 356 g/mol. The highest BCUT2D eigenvalue weighted by atomic mass is 16.3. The van der Waals surface area contributed by atoms with E-state index < -0.39 is 0 Å². The van der Waals surface area contributed by atoms with Crippen LogP contribution in [-0.4, -0.2) is 25.9 Å². The Labute approximate surface area is 155 Å². The maximum absolute atomic E-state index is 13.0. The number of fused-ring (bicyclic) bond motifs is 1. The monoisotopic (exact) mass is 356 g/mol. The maximum atomic E-state index is 13.0. The highest BCUT2D eigenvalue weighted by Gasteiger charge is 2.16. The van der Waals surface area contributed by atoms with Gasteiger partial charge in [-0.05, 0) is 36.8 Å². The number of aliphatic imine (C=N–C) groups is 1. The third-order valence-corrected chi connectivity index (χ3v) is 4.22. The summed E-state index contributed by atoms with van der Waals surface area (Å²) < 4.78 is 1.29. The van der Waals surface area contributed by atoms with E-state index in [1.54, 1.807) is 42.7 Å². The van der Waals surface area contributed by atoms with Gasteiger partial charge in [-0.3, -0.25) is 4.79 Å². The molecule has 4 rings (SSSR count).